The molecule has 1 saturated heterocycles. The average Bonchev–Trinajstić information content (AvgIpc) is 2.38. The molecule has 114 valence electrons. The van der Waals surface area contributed by atoms with Crippen molar-refractivity contribution in [3.05, 3.63) is 0 Å². The van der Waals surface area contributed by atoms with E-state index in [-0.39, 0.29) is 23.1 Å². The molecule has 4 nitrogen and oxygen atoms in total. The van der Waals surface area contributed by atoms with E-state index in [9.17, 15) is 8.42 Å². The topological polar surface area (TPSA) is 55.4 Å². The second kappa shape index (κ2) is 7.04. The third-order valence-electron chi connectivity index (χ3n) is 4.25. The van der Waals surface area contributed by atoms with Gasteiger partial charge in [-0.25, -0.2) is 8.42 Å². The third kappa shape index (κ3) is 5.04. The standard InChI is InChI=1S/C14H29NO3S/c1-5-14(6-2)10-13(8-9-18-14)15-12(4)11-19(16,17)7-3/h12-13,15H,5-11H2,1-4H3. The number of hydrogen-bond acceptors (Lipinski definition) is 4. The quantitative estimate of drug-likeness (QED) is 0.781. The first kappa shape index (κ1) is 16.9. The lowest BCUT2D eigenvalue weighted by Crippen LogP contribution is -2.50. The van der Waals surface area contributed by atoms with Gasteiger partial charge in [0.2, 0.25) is 0 Å². The van der Waals surface area contributed by atoms with Gasteiger partial charge in [-0.3, -0.25) is 0 Å². The van der Waals surface area contributed by atoms with Gasteiger partial charge in [0.25, 0.3) is 0 Å². The summed E-state index contributed by atoms with van der Waals surface area (Å²) < 4.78 is 29.2. The van der Waals surface area contributed by atoms with Crippen molar-refractivity contribution >= 4 is 9.84 Å². The van der Waals surface area contributed by atoms with E-state index in [0.29, 0.717) is 6.04 Å². The normalized spacial score (nSPS) is 25.2. The highest BCUT2D eigenvalue weighted by atomic mass is 32.2. The van der Waals surface area contributed by atoms with Crippen molar-refractivity contribution in [2.24, 2.45) is 0 Å². The third-order valence-corrected chi connectivity index (χ3v) is 6.13. The van der Waals surface area contributed by atoms with Crippen LogP contribution in [-0.4, -0.2) is 44.2 Å². The predicted molar refractivity (Wildman–Crippen MR) is 79.2 cm³/mol. The summed E-state index contributed by atoms with van der Waals surface area (Å²) in [6.45, 7) is 8.76. The molecular weight excluding hydrogens is 262 g/mol. The maximum atomic E-state index is 11.6. The smallest absolute Gasteiger partial charge is 0.151 e. The SMILES string of the molecule is CCC1(CC)CC(NC(C)CS(=O)(=O)CC)CCO1. The second-order valence-electron chi connectivity index (χ2n) is 5.69. The molecule has 0 amide bonds. The minimum atomic E-state index is -2.90. The van der Waals surface area contributed by atoms with E-state index in [4.69, 9.17) is 4.74 Å². The molecule has 1 fully saturated rings. The molecule has 0 saturated carbocycles. The maximum Gasteiger partial charge on any atom is 0.151 e. The highest BCUT2D eigenvalue weighted by molar-refractivity contribution is 7.91. The van der Waals surface area contributed by atoms with Crippen molar-refractivity contribution in [1.82, 2.24) is 5.32 Å². The Morgan fingerprint density at radius 2 is 1.95 bits per heavy atom. The molecule has 0 aromatic carbocycles. The van der Waals surface area contributed by atoms with Gasteiger partial charge in [-0.15, -0.1) is 0 Å². The molecule has 1 heterocycles. The fourth-order valence-electron chi connectivity index (χ4n) is 2.86. The lowest BCUT2D eigenvalue weighted by atomic mass is 9.85. The zero-order valence-corrected chi connectivity index (χ0v) is 13.6. The second-order valence-corrected chi connectivity index (χ2v) is 8.09. The predicted octanol–water partition coefficient (Wildman–Crippen LogP) is 2.14. The van der Waals surface area contributed by atoms with Crippen molar-refractivity contribution in [1.29, 1.82) is 0 Å². The minimum Gasteiger partial charge on any atom is -0.375 e. The van der Waals surface area contributed by atoms with Crippen LogP contribution in [0.3, 0.4) is 0 Å². The Hall–Kier alpha value is -0.130. The molecule has 1 N–H and O–H groups in total. The highest BCUT2D eigenvalue weighted by Gasteiger charge is 2.34. The summed E-state index contributed by atoms with van der Waals surface area (Å²) in [6.07, 6.45) is 3.99. The van der Waals surface area contributed by atoms with E-state index in [1.165, 1.54) is 0 Å². The van der Waals surface area contributed by atoms with Gasteiger partial charge in [0.1, 0.15) is 0 Å². The van der Waals surface area contributed by atoms with Crippen LogP contribution in [0.5, 0.6) is 0 Å². The fraction of sp³-hybridized carbons (Fsp3) is 1.00. The molecule has 5 heteroatoms. The first-order chi connectivity index (χ1) is 8.86. The van der Waals surface area contributed by atoms with Crippen LogP contribution in [0.4, 0.5) is 0 Å². The van der Waals surface area contributed by atoms with E-state index < -0.39 is 9.84 Å². The monoisotopic (exact) mass is 291 g/mol. The summed E-state index contributed by atoms with van der Waals surface area (Å²) in [5, 5.41) is 3.47. The maximum absolute atomic E-state index is 11.6. The minimum absolute atomic E-state index is 0.0134. The Balaban J connectivity index is 2.53. The molecule has 0 bridgehead atoms. The molecule has 1 rings (SSSR count). The van der Waals surface area contributed by atoms with Crippen LogP contribution in [0.25, 0.3) is 0 Å². The van der Waals surface area contributed by atoms with Gasteiger partial charge < -0.3 is 10.1 Å². The molecule has 0 aliphatic carbocycles. The molecule has 2 atom stereocenters. The Labute approximate surface area is 118 Å². The number of rotatable bonds is 7. The number of hydrogen-bond donors (Lipinski definition) is 1. The average molecular weight is 291 g/mol. The molecule has 1 aliphatic rings. The number of sulfone groups is 1. The fourth-order valence-corrected chi connectivity index (χ4v) is 3.96. The van der Waals surface area contributed by atoms with Crippen molar-refractivity contribution in [2.45, 2.75) is 71.1 Å². The van der Waals surface area contributed by atoms with Crippen molar-refractivity contribution in [3.8, 4) is 0 Å². The van der Waals surface area contributed by atoms with Crippen LogP contribution in [-0.2, 0) is 14.6 Å². The number of ether oxygens (including phenoxy) is 1. The molecule has 19 heavy (non-hydrogen) atoms. The Morgan fingerprint density at radius 3 is 2.47 bits per heavy atom. The molecular formula is C14H29NO3S. The van der Waals surface area contributed by atoms with Gasteiger partial charge in [0.15, 0.2) is 9.84 Å². The van der Waals surface area contributed by atoms with E-state index >= 15 is 0 Å². The van der Waals surface area contributed by atoms with Gasteiger partial charge in [-0.1, -0.05) is 20.8 Å². The van der Waals surface area contributed by atoms with E-state index in [0.717, 1.165) is 32.3 Å². The van der Waals surface area contributed by atoms with Gasteiger partial charge in [0.05, 0.1) is 11.4 Å². The van der Waals surface area contributed by atoms with Gasteiger partial charge in [0, 0.05) is 24.4 Å². The van der Waals surface area contributed by atoms with Crippen LogP contribution in [0, 0.1) is 0 Å². The molecule has 0 aromatic heterocycles. The summed E-state index contributed by atoms with van der Waals surface area (Å²) >= 11 is 0. The van der Waals surface area contributed by atoms with Gasteiger partial charge >= 0.3 is 0 Å². The van der Waals surface area contributed by atoms with Gasteiger partial charge in [-0.2, -0.15) is 0 Å². The largest absolute Gasteiger partial charge is 0.375 e. The summed E-state index contributed by atoms with van der Waals surface area (Å²) in [4.78, 5) is 0. The molecule has 0 spiro atoms. The van der Waals surface area contributed by atoms with Crippen LogP contribution in [0.1, 0.15) is 53.4 Å². The van der Waals surface area contributed by atoms with Crippen LogP contribution in [0.15, 0.2) is 0 Å². The van der Waals surface area contributed by atoms with Crippen molar-refractivity contribution in [2.75, 3.05) is 18.1 Å². The number of nitrogens with one attached hydrogen (secondary N) is 1. The zero-order valence-electron chi connectivity index (χ0n) is 12.7. The van der Waals surface area contributed by atoms with Gasteiger partial charge in [-0.05, 0) is 32.6 Å². The lowest BCUT2D eigenvalue weighted by Gasteiger charge is -2.41. The van der Waals surface area contributed by atoms with Crippen molar-refractivity contribution in [3.63, 3.8) is 0 Å². The molecule has 0 aromatic rings. The first-order valence-electron chi connectivity index (χ1n) is 7.46. The van der Waals surface area contributed by atoms with Crippen LogP contribution in [0.2, 0.25) is 0 Å². The van der Waals surface area contributed by atoms with E-state index in [1.807, 2.05) is 6.92 Å². The summed E-state index contributed by atoms with van der Waals surface area (Å²) in [5.41, 5.74) is -0.0146. The van der Waals surface area contributed by atoms with Crippen LogP contribution >= 0.6 is 0 Å². The first-order valence-corrected chi connectivity index (χ1v) is 9.29. The summed E-state index contributed by atoms with van der Waals surface area (Å²) in [5.74, 6) is 0.451. The zero-order chi connectivity index (χ0) is 14.5. The summed E-state index contributed by atoms with van der Waals surface area (Å²) in [7, 11) is -2.90. The Bertz CT molecular complexity index is 363. The van der Waals surface area contributed by atoms with E-state index in [1.54, 1.807) is 6.92 Å². The highest BCUT2D eigenvalue weighted by Crippen LogP contribution is 2.31. The summed E-state index contributed by atoms with van der Waals surface area (Å²) in [6, 6.07) is 0.384. The van der Waals surface area contributed by atoms with Crippen LogP contribution < -0.4 is 5.32 Å². The Kier molecular flexibility index (Phi) is 6.27. The molecule has 2 unspecified atom stereocenters. The molecule has 1 aliphatic heterocycles. The van der Waals surface area contributed by atoms with Crippen molar-refractivity contribution < 1.29 is 13.2 Å². The Morgan fingerprint density at radius 1 is 1.32 bits per heavy atom. The van der Waals surface area contributed by atoms with E-state index in [2.05, 4.69) is 19.2 Å². The lowest BCUT2D eigenvalue weighted by molar-refractivity contribution is -0.0936. The molecule has 0 radical (unpaired) electrons.